The van der Waals surface area contributed by atoms with Gasteiger partial charge in [0.25, 0.3) is 0 Å². The fourth-order valence-electron chi connectivity index (χ4n) is 11.9. The second-order valence-electron chi connectivity index (χ2n) is 25.0. The number of amides is 1. The Bertz CT molecular complexity index is 1660. The Labute approximate surface area is 518 Å². The third-order valence-corrected chi connectivity index (χ3v) is 17.5. The first-order valence-electron chi connectivity index (χ1n) is 34.6. The lowest BCUT2D eigenvalue weighted by Gasteiger charge is -2.48. The van der Waals surface area contributed by atoms with Crippen LogP contribution in [0.3, 0.4) is 0 Å². The first-order chi connectivity index (χ1) is 41.8. The summed E-state index contributed by atoms with van der Waals surface area (Å²) in [5.41, 5.74) is 0. The van der Waals surface area contributed by atoms with Crippen LogP contribution in [0.4, 0.5) is 0 Å². The first-order valence-corrected chi connectivity index (χ1v) is 34.6. The Kier molecular flexibility index (Phi) is 45.6. The highest BCUT2D eigenvalue weighted by Gasteiger charge is 2.53. The van der Waals surface area contributed by atoms with Crippen molar-refractivity contribution < 1.29 is 89.4 Å². The van der Waals surface area contributed by atoms with E-state index in [1.807, 2.05) is 6.08 Å². The molecule has 19 nitrogen and oxygen atoms in total. The van der Waals surface area contributed by atoms with Crippen molar-refractivity contribution >= 4 is 5.91 Å². The Balaban J connectivity index is 1.46. The highest BCUT2D eigenvalue weighted by Crippen LogP contribution is 2.33. The topological polar surface area (TPSA) is 307 Å². The summed E-state index contributed by atoms with van der Waals surface area (Å²) >= 11 is 0. The van der Waals surface area contributed by atoms with E-state index in [1.54, 1.807) is 6.08 Å². The van der Waals surface area contributed by atoms with Crippen molar-refractivity contribution in [1.82, 2.24) is 5.32 Å². The minimum atomic E-state index is -1.98. The van der Waals surface area contributed by atoms with E-state index in [1.165, 1.54) is 193 Å². The van der Waals surface area contributed by atoms with E-state index in [-0.39, 0.29) is 18.9 Å². The lowest BCUT2D eigenvalue weighted by molar-refractivity contribution is -0.379. The summed E-state index contributed by atoms with van der Waals surface area (Å²) in [5, 5.41) is 120. The summed E-state index contributed by atoms with van der Waals surface area (Å²) in [6.07, 6.45) is 28.7. The van der Waals surface area contributed by atoms with Crippen LogP contribution in [0.1, 0.15) is 264 Å². The van der Waals surface area contributed by atoms with Crippen LogP contribution < -0.4 is 5.32 Å². The van der Waals surface area contributed by atoms with Gasteiger partial charge in [0.2, 0.25) is 5.91 Å². The number of allylic oxidation sites excluding steroid dienone is 3. The molecule has 3 aliphatic heterocycles. The van der Waals surface area contributed by atoms with Gasteiger partial charge in [0.15, 0.2) is 18.9 Å². The van der Waals surface area contributed by atoms with Crippen molar-refractivity contribution in [3.8, 4) is 0 Å². The van der Waals surface area contributed by atoms with Crippen molar-refractivity contribution in [1.29, 1.82) is 0 Å². The third kappa shape index (κ3) is 32.0. The fraction of sp³-hybridized carbons (Fsp3) is 0.925. The van der Waals surface area contributed by atoms with Crippen molar-refractivity contribution in [3.05, 3.63) is 24.3 Å². The maximum Gasteiger partial charge on any atom is 0.220 e. The van der Waals surface area contributed by atoms with Crippen LogP contribution in [0.15, 0.2) is 24.3 Å². The van der Waals surface area contributed by atoms with Crippen molar-refractivity contribution in [3.63, 3.8) is 0 Å². The molecule has 0 aliphatic carbocycles. The molecule has 0 radical (unpaired) electrons. The van der Waals surface area contributed by atoms with Crippen molar-refractivity contribution in [2.24, 2.45) is 0 Å². The lowest BCUT2D eigenvalue weighted by Crippen LogP contribution is -2.66. The van der Waals surface area contributed by atoms with Gasteiger partial charge in [0.1, 0.15) is 73.2 Å². The van der Waals surface area contributed by atoms with Crippen LogP contribution in [-0.4, -0.2) is 193 Å². The number of carbonyl (C=O) groups excluding carboxylic acids is 1. The normalized spacial score (nSPS) is 28.9. The summed E-state index contributed by atoms with van der Waals surface area (Å²) < 4.78 is 34.3. The van der Waals surface area contributed by atoms with E-state index in [4.69, 9.17) is 28.4 Å². The zero-order valence-corrected chi connectivity index (χ0v) is 53.3. The Morgan fingerprint density at radius 1 is 0.407 bits per heavy atom. The number of carbonyl (C=O) groups is 1. The summed E-state index contributed by atoms with van der Waals surface area (Å²) in [6, 6.07) is -0.986. The number of aliphatic hydroxyl groups excluding tert-OH is 11. The molecule has 12 N–H and O–H groups in total. The van der Waals surface area contributed by atoms with Crippen LogP contribution in [0.25, 0.3) is 0 Å². The zero-order valence-electron chi connectivity index (χ0n) is 53.3. The van der Waals surface area contributed by atoms with Gasteiger partial charge in [0, 0.05) is 6.42 Å². The quantitative estimate of drug-likeness (QED) is 0.0200. The number of nitrogens with one attached hydrogen (secondary N) is 1. The van der Waals surface area contributed by atoms with E-state index in [0.717, 1.165) is 38.5 Å². The Hall–Kier alpha value is -1.73. The first kappa shape index (κ1) is 78.5. The third-order valence-electron chi connectivity index (χ3n) is 17.5. The van der Waals surface area contributed by atoms with Crippen molar-refractivity contribution in [2.45, 2.75) is 369 Å². The SMILES string of the molecule is CCCCCCCCCCCCCCCCCCC/C=C/CC/C=C/C(O)C(COC1OC(CO)C(OC2OC(CO)C(OC3OC(CO)C(O)C(O)C3O)C(O)C2O)C(O)C1O)NC(=O)CCCCCCCCCCCCCCCCCCCC. The molecule has 17 unspecified atom stereocenters. The minimum absolute atomic E-state index is 0.240. The Morgan fingerprint density at radius 3 is 1.16 bits per heavy atom. The predicted octanol–water partition coefficient (Wildman–Crippen LogP) is 8.66. The molecule has 0 aromatic rings. The van der Waals surface area contributed by atoms with Gasteiger partial charge in [-0.25, -0.2) is 0 Å². The summed E-state index contributed by atoms with van der Waals surface area (Å²) in [7, 11) is 0. The molecule has 3 fully saturated rings. The molecule has 1 amide bonds. The van der Waals surface area contributed by atoms with Crippen LogP contribution in [0, 0.1) is 0 Å². The molecule has 0 spiro atoms. The summed E-state index contributed by atoms with van der Waals surface area (Å²) in [6.45, 7) is 1.75. The highest BCUT2D eigenvalue weighted by atomic mass is 16.8. The van der Waals surface area contributed by atoms with Crippen LogP contribution in [-0.2, 0) is 33.2 Å². The smallest absolute Gasteiger partial charge is 0.220 e. The van der Waals surface area contributed by atoms with E-state index < -0.39 is 124 Å². The van der Waals surface area contributed by atoms with E-state index in [9.17, 15) is 61.0 Å². The van der Waals surface area contributed by atoms with Gasteiger partial charge in [-0.15, -0.1) is 0 Å². The maximum absolute atomic E-state index is 13.4. The number of rotatable bonds is 53. The predicted molar refractivity (Wildman–Crippen MR) is 333 cm³/mol. The molecule has 3 rings (SSSR count). The average molecular weight is 1230 g/mol. The van der Waals surface area contributed by atoms with E-state index in [2.05, 4.69) is 31.3 Å². The molecule has 0 bridgehead atoms. The summed E-state index contributed by atoms with van der Waals surface area (Å²) in [5.74, 6) is -0.281. The molecule has 17 atom stereocenters. The van der Waals surface area contributed by atoms with Gasteiger partial charge in [-0.05, 0) is 32.1 Å². The molecular formula is C67H125NO18. The molecule has 3 saturated heterocycles. The van der Waals surface area contributed by atoms with Gasteiger partial charge in [-0.3, -0.25) is 4.79 Å². The second-order valence-corrected chi connectivity index (χ2v) is 25.0. The highest BCUT2D eigenvalue weighted by molar-refractivity contribution is 5.76. The molecule has 506 valence electrons. The number of aliphatic hydroxyl groups is 11. The monoisotopic (exact) mass is 1230 g/mol. The van der Waals surface area contributed by atoms with E-state index in [0.29, 0.717) is 12.8 Å². The van der Waals surface area contributed by atoms with Gasteiger partial charge < -0.3 is 89.9 Å². The molecule has 3 aliphatic rings. The molecule has 3 heterocycles. The number of hydrogen-bond acceptors (Lipinski definition) is 18. The van der Waals surface area contributed by atoms with Crippen LogP contribution >= 0.6 is 0 Å². The molecular weight excluding hydrogens is 1110 g/mol. The number of hydrogen-bond donors (Lipinski definition) is 12. The summed E-state index contributed by atoms with van der Waals surface area (Å²) in [4.78, 5) is 13.4. The molecule has 0 saturated carbocycles. The van der Waals surface area contributed by atoms with Gasteiger partial charge >= 0.3 is 0 Å². The van der Waals surface area contributed by atoms with Crippen LogP contribution in [0.5, 0.6) is 0 Å². The van der Waals surface area contributed by atoms with Gasteiger partial charge in [-0.2, -0.15) is 0 Å². The molecule has 86 heavy (non-hydrogen) atoms. The van der Waals surface area contributed by atoms with Crippen molar-refractivity contribution in [2.75, 3.05) is 26.4 Å². The lowest BCUT2D eigenvalue weighted by atomic mass is 9.96. The standard InChI is InChI=1S/C67H125NO18/c1-3-5-7-9-11-13-15-17-19-21-23-24-25-26-27-28-30-32-34-36-38-40-42-44-51(72)50(68-55(73)45-43-41-39-37-35-33-31-29-22-20-18-16-14-12-10-8-6-4-2)49-81-65-61(79)58(76)63(53(47-70)83-65)86-67-62(80)59(77)64(54(48-71)84-67)85-66-60(78)57(75)56(74)52(46-69)82-66/h34,36,42,44,50-54,56-67,69-72,74-80H,3-33,35,37-41,43,45-49H2,1-2H3,(H,68,73)/b36-34+,44-42+. The number of ether oxygens (including phenoxy) is 6. The number of unbranched alkanes of at least 4 members (excludes halogenated alkanes) is 35. The maximum atomic E-state index is 13.4. The van der Waals surface area contributed by atoms with Gasteiger partial charge in [-0.1, -0.05) is 250 Å². The molecule has 19 heteroatoms. The molecule has 0 aromatic heterocycles. The Morgan fingerprint density at radius 2 is 0.744 bits per heavy atom. The van der Waals surface area contributed by atoms with Gasteiger partial charge in [0.05, 0.1) is 38.6 Å². The fourth-order valence-corrected chi connectivity index (χ4v) is 11.9. The van der Waals surface area contributed by atoms with Crippen LogP contribution in [0.2, 0.25) is 0 Å². The molecule has 0 aromatic carbocycles. The minimum Gasteiger partial charge on any atom is -0.394 e. The second kappa shape index (κ2) is 49.9. The zero-order chi connectivity index (χ0) is 62.6. The van der Waals surface area contributed by atoms with E-state index >= 15 is 0 Å². The largest absolute Gasteiger partial charge is 0.394 e. The average Bonchev–Trinajstić information content (AvgIpc) is 1.83.